The maximum absolute atomic E-state index is 10.6. The van der Waals surface area contributed by atoms with E-state index >= 15 is 0 Å². The molecule has 0 bridgehead atoms. The fourth-order valence-electron chi connectivity index (χ4n) is 0.845. The Labute approximate surface area is 74.0 Å². The van der Waals surface area contributed by atoms with Crippen molar-refractivity contribution in [3.63, 3.8) is 0 Å². The van der Waals surface area contributed by atoms with Gasteiger partial charge in [-0.2, -0.15) is 5.10 Å². The molecule has 0 fully saturated rings. The molecule has 70 valence electrons. The molecule has 1 rings (SSSR count). The second kappa shape index (κ2) is 3.70. The van der Waals surface area contributed by atoms with Crippen LogP contribution in [-0.2, 0) is 11.3 Å². The molecule has 1 amide bonds. The van der Waals surface area contributed by atoms with Gasteiger partial charge in [-0.1, -0.05) is 0 Å². The van der Waals surface area contributed by atoms with E-state index < -0.39 is 5.97 Å². The number of nitrogens with zero attached hydrogens (tertiary/aromatic N) is 1. The maximum atomic E-state index is 10.6. The smallest absolute Gasteiger partial charge is 0.339 e. The molecule has 0 saturated heterocycles. The van der Waals surface area contributed by atoms with Gasteiger partial charge < -0.3 is 10.4 Å². The Bertz CT molecular complexity index is 331. The zero-order valence-electron chi connectivity index (χ0n) is 7.00. The fourth-order valence-corrected chi connectivity index (χ4v) is 0.845. The van der Waals surface area contributed by atoms with Gasteiger partial charge in [-0.15, -0.1) is 0 Å². The first-order valence-corrected chi connectivity index (χ1v) is 3.61. The van der Waals surface area contributed by atoms with Crippen LogP contribution < -0.4 is 5.32 Å². The Kier molecular flexibility index (Phi) is 2.63. The Balaban J connectivity index is 2.71. The van der Waals surface area contributed by atoms with Crippen molar-refractivity contribution in [1.82, 2.24) is 15.5 Å². The lowest BCUT2D eigenvalue weighted by atomic mass is 10.2. The number of rotatable bonds is 3. The van der Waals surface area contributed by atoms with Crippen molar-refractivity contribution in [3.8, 4) is 0 Å². The van der Waals surface area contributed by atoms with Crippen LogP contribution in [-0.4, -0.2) is 27.2 Å². The Morgan fingerprint density at radius 3 is 2.92 bits per heavy atom. The van der Waals surface area contributed by atoms with E-state index in [-0.39, 0.29) is 18.0 Å². The number of amides is 1. The number of carboxylic acid groups (broad SMARTS) is 1. The summed E-state index contributed by atoms with van der Waals surface area (Å²) in [5, 5.41) is 17.2. The standard InChI is InChI=1S/C7H9N3O3/c1-4(11)8-3-6-5(7(12)13)2-9-10-6/h2H,3H2,1H3,(H,8,11)(H,9,10)(H,12,13). The zero-order valence-corrected chi connectivity index (χ0v) is 7.00. The van der Waals surface area contributed by atoms with E-state index in [1.165, 1.54) is 13.1 Å². The summed E-state index contributed by atoms with van der Waals surface area (Å²) in [5.74, 6) is -1.28. The normalized spacial score (nSPS) is 9.62. The molecule has 0 atom stereocenters. The van der Waals surface area contributed by atoms with E-state index in [1.807, 2.05) is 0 Å². The van der Waals surface area contributed by atoms with Crippen LogP contribution in [0.5, 0.6) is 0 Å². The first kappa shape index (κ1) is 9.24. The highest BCUT2D eigenvalue weighted by Crippen LogP contribution is 2.03. The van der Waals surface area contributed by atoms with Gasteiger partial charge in [-0.3, -0.25) is 9.89 Å². The van der Waals surface area contributed by atoms with Crippen molar-refractivity contribution in [2.75, 3.05) is 0 Å². The largest absolute Gasteiger partial charge is 0.478 e. The van der Waals surface area contributed by atoms with Crippen LogP contribution in [0.1, 0.15) is 23.0 Å². The Morgan fingerprint density at radius 1 is 1.69 bits per heavy atom. The summed E-state index contributed by atoms with van der Waals surface area (Å²) in [6, 6.07) is 0. The van der Waals surface area contributed by atoms with Gasteiger partial charge in [0, 0.05) is 6.92 Å². The molecule has 13 heavy (non-hydrogen) atoms. The van der Waals surface area contributed by atoms with Crippen molar-refractivity contribution >= 4 is 11.9 Å². The van der Waals surface area contributed by atoms with Gasteiger partial charge in [0.25, 0.3) is 0 Å². The average Bonchev–Trinajstić information content (AvgIpc) is 2.47. The summed E-state index contributed by atoms with van der Waals surface area (Å²) in [7, 11) is 0. The van der Waals surface area contributed by atoms with Crippen LogP contribution in [0.2, 0.25) is 0 Å². The molecule has 0 unspecified atom stereocenters. The molecule has 0 aliphatic rings. The number of carboxylic acids is 1. The molecule has 1 aromatic heterocycles. The van der Waals surface area contributed by atoms with Gasteiger partial charge in [0.2, 0.25) is 5.91 Å². The third-order valence-electron chi connectivity index (χ3n) is 1.46. The highest BCUT2D eigenvalue weighted by Gasteiger charge is 2.11. The minimum atomic E-state index is -1.06. The predicted molar refractivity (Wildman–Crippen MR) is 43.1 cm³/mol. The van der Waals surface area contributed by atoms with Crippen LogP contribution in [0.15, 0.2) is 6.20 Å². The average molecular weight is 183 g/mol. The summed E-state index contributed by atoms with van der Waals surface area (Å²) < 4.78 is 0. The molecule has 0 spiro atoms. The summed E-state index contributed by atoms with van der Waals surface area (Å²) in [5.41, 5.74) is 0.469. The van der Waals surface area contributed by atoms with Crippen LogP contribution in [0.4, 0.5) is 0 Å². The zero-order chi connectivity index (χ0) is 9.84. The molecule has 1 aromatic rings. The van der Waals surface area contributed by atoms with Gasteiger partial charge in [0.05, 0.1) is 18.4 Å². The van der Waals surface area contributed by atoms with E-state index in [2.05, 4.69) is 15.5 Å². The quantitative estimate of drug-likeness (QED) is 0.601. The number of hydrogen-bond donors (Lipinski definition) is 3. The fraction of sp³-hybridized carbons (Fsp3) is 0.286. The van der Waals surface area contributed by atoms with Crippen molar-refractivity contribution in [2.24, 2.45) is 0 Å². The number of carbonyl (C=O) groups excluding carboxylic acids is 1. The first-order chi connectivity index (χ1) is 6.11. The van der Waals surface area contributed by atoms with Crippen LogP contribution >= 0.6 is 0 Å². The molecule has 0 aromatic carbocycles. The maximum Gasteiger partial charge on any atom is 0.339 e. The number of aromatic carboxylic acids is 1. The van der Waals surface area contributed by atoms with E-state index in [1.54, 1.807) is 0 Å². The van der Waals surface area contributed by atoms with Crippen LogP contribution in [0, 0.1) is 0 Å². The van der Waals surface area contributed by atoms with Crippen molar-refractivity contribution in [1.29, 1.82) is 0 Å². The van der Waals surface area contributed by atoms with Gasteiger partial charge >= 0.3 is 5.97 Å². The second-order valence-electron chi connectivity index (χ2n) is 2.48. The monoisotopic (exact) mass is 183 g/mol. The SMILES string of the molecule is CC(=O)NCc1[nH]ncc1C(=O)O. The molecule has 1 heterocycles. The summed E-state index contributed by atoms with van der Waals surface area (Å²) in [6.07, 6.45) is 1.21. The van der Waals surface area contributed by atoms with E-state index in [0.717, 1.165) is 0 Å². The molecule has 6 nitrogen and oxygen atoms in total. The molecule has 0 saturated carbocycles. The van der Waals surface area contributed by atoms with E-state index in [0.29, 0.717) is 5.69 Å². The minimum Gasteiger partial charge on any atom is -0.478 e. The molecule has 3 N–H and O–H groups in total. The summed E-state index contributed by atoms with van der Waals surface area (Å²) in [4.78, 5) is 21.1. The van der Waals surface area contributed by atoms with Crippen molar-refractivity contribution in [3.05, 3.63) is 17.5 Å². The van der Waals surface area contributed by atoms with E-state index in [4.69, 9.17) is 5.11 Å². The van der Waals surface area contributed by atoms with Gasteiger partial charge in [-0.05, 0) is 0 Å². The van der Waals surface area contributed by atoms with Gasteiger partial charge in [-0.25, -0.2) is 4.79 Å². The number of hydrogen-bond acceptors (Lipinski definition) is 3. The highest BCUT2D eigenvalue weighted by molar-refractivity contribution is 5.88. The minimum absolute atomic E-state index is 0.0775. The number of nitrogens with one attached hydrogen (secondary N) is 2. The number of carbonyl (C=O) groups is 2. The molecule has 0 aliphatic carbocycles. The number of H-pyrrole nitrogens is 1. The predicted octanol–water partition coefficient (Wildman–Crippen LogP) is -0.256. The lowest BCUT2D eigenvalue weighted by Gasteiger charge is -1.99. The Morgan fingerprint density at radius 2 is 2.38 bits per heavy atom. The van der Waals surface area contributed by atoms with Gasteiger partial charge in [0.1, 0.15) is 5.56 Å². The summed E-state index contributed by atoms with van der Waals surface area (Å²) in [6.45, 7) is 1.51. The third-order valence-corrected chi connectivity index (χ3v) is 1.46. The Hall–Kier alpha value is -1.85. The number of aromatic amines is 1. The van der Waals surface area contributed by atoms with Crippen LogP contribution in [0.3, 0.4) is 0 Å². The first-order valence-electron chi connectivity index (χ1n) is 3.61. The molecule has 6 heteroatoms. The summed E-state index contributed by atoms with van der Waals surface area (Å²) >= 11 is 0. The third kappa shape index (κ3) is 2.29. The highest BCUT2D eigenvalue weighted by atomic mass is 16.4. The van der Waals surface area contributed by atoms with Crippen LogP contribution in [0.25, 0.3) is 0 Å². The number of aromatic nitrogens is 2. The lowest BCUT2D eigenvalue weighted by Crippen LogP contribution is -2.20. The van der Waals surface area contributed by atoms with Crippen molar-refractivity contribution in [2.45, 2.75) is 13.5 Å². The topological polar surface area (TPSA) is 95.1 Å². The van der Waals surface area contributed by atoms with E-state index in [9.17, 15) is 9.59 Å². The molecule has 0 aliphatic heterocycles. The molecular formula is C7H9N3O3. The van der Waals surface area contributed by atoms with Crippen molar-refractivity contribution < 1.29 is 14.7 Å². The lowest BCUT2D eigenvalue weighted by molar-refractivity contribution is -0.119. The molecular weight excluding hydrogens is 174 g/mol. The van der Waals surface area contributed by atoms with Gasteiger partial charge in [0.15, 0.2) is 0 Å². The second-order valence-corrected chi connectivity index (χ2v) is 2.48. The molecule has 0 radical (unpaired) electrons.